The molecule has 4 heteroatoms. The molecule has 278 valence electrons. The Morgan fingerprint density at radius 3 is 0.936 bits per heavy atom. The molecule has 0 aliphatic rings. The van der Waals surface area contributed by atoms with Crippen molar-refractivity contribution in [2.75, 3.05) is 0 Å². The van der Waals surface area contributed by atoms with Gasteiger partial charge >= 0.3 is 11.9 Å². The number of hydrogen-bond donors (Lipinski definition) is 2. The Bertz CT molecular complexity index is 711. The number of carbonyl (C=O) groups is 2. The van der Waals surface area contributed by atoms with Crippen LogP contribution in [0, 0.1) is 0 Å². The highest BCUT2D eigenvalue weighted by atomic mass is 16.4. The molecule has 0 saturated carbocycles. The fraction of sp³-hybridized carbons (Fsp3) is 0.860. The minimum absolute atomic E-state index is 0.357. The van der Waals surface area contributed by atoms with E-state index in [9.17, 15) is 9.59 Å². The van der Waals surface area contributed by atoms with Gasteiger partial charge in [0.15, 0.2) is 0 Å². The van der Waals surface area contributed by atoms with E-state index in [4.69, 9.17) is 10.2 Å². The third-order valence-electron chi connectivity index (χ3n) is 9.48. The van der Waals surface area contributed by atoms with E-state index >= 15 is 0 Å². The van der Waals surface area contributed by atoms with Gasteiger partial charge in [-0.25, -0.2) is 9.59 Å². The van der Waals surface area contributed by atoms with Crippen molar-refractivity contribution in [3.05, 3.63) is 23.8 Å². The Morgan fingerprint density at radius 1 is 0.426 bits per heavy atom. The van der Waals surface area contributed by atoms with Crippen LogP contribution in [-0.4, -0.2) is 22.2 Å². The van der Waals surface area contributed by atoms with Crippen LogP contribution in [0.2, 0.25) is 0 Å². The summed E-state index contributed by atoms with van der Waals surface area (Å²) in [6.45, 7) is 9.79. The predicted octanol–water partition coefficient (Wildman–Crippen LogP) is 14.9. The fourth-order valence-electron chi connectivity index (χ4n) is 6.09. The third kappa shape index (κ3) is 42.4. The molecule has 0 spiro atoms. The number of rotatable bonds is 36. The molecule has 0 aliphatic heterocycles. The predicted molar refractivity (Wildman–Crippen MR) is 206 cm³/mol. The van der Waals surface area contributed by atoms with E-state index in [1.807, 2.05) is 6.08 Å². The summed E-state index contributed by atoms with van der Waals surface area (Å²) in [6, 6.07) is 0. The van der Waals surface area contributed by atoms with Crippen LogP contribution in [-0.2, 0) is 9.59 Å². The molecule has 0 rings (SSSR count). The summed E-state index contributed by atoms with van der Waals surface area (Å²) >= 11 is 0. The van der Waals surface area contributed by atoms with Gasteiger partial charge in [0.1, 0.15) is 0 Å². The van der Waals surface area contributed by atoms with E-state index in [1.165, 1.54) is 186 Å². The number of carboxylic acid groups (broad SMARTS) is 2. The van der Waals surface area contributed by atoms with Gasteiger partial charge in [-0.3, -0.25) is 0 Å². The van der Waals surface area contributed by atoms with Crippen molar-refractivity contribution in [1.82, 2.24) is 0 Å². The van der Waals surface area contributed by atoms with Gasteiger partial charge in [-0.15, -0.1) is 0 Å². The average Bonchev–Trinajstić information content (AvgIpc) is 3.05. The number of aliphatic carboxylic acids is 2. The van der Waals surface area contributed by atoms with Crippen molar-refractivity contribution in [3.8, 4) is 0 Å². The van der Waals surface area contributed by atoms with Gasteiger partial charge in [-0.05, 0) is 32.6 Å². The Morgan fingerprint density at radius 2 is 0.681 bits per heavy atom. The zero-order chi connectivity index (χ0) is 35.1. The second-order valence-electron chi connectivity index (χ2n) is 14.2. The van der Waals surface area contributed by atoms with E-state index in [2.05, 4.69) is 20.4 Å². The minimum atomic E-state index is -0.842. The van der Waals surface area contributed by atoms with Crippen molar-refractivity contribution in [2.24, 2.45) is 0 Å². The van der Waals surface area contributed by atoms with Crippen LogP contribution in [0.25, 0.3) is 0 Å². The highest BCUT2D eigenvalue weighted by molar-refractivity contribution is 5.86. The molecular weight excluding hydrogens is 580 g/mol. The maximum absolute atomic E-state index is 10.6. The first-order valence-corrected chi connectivity index (χ1v) is 20.7. The van der Waals surface area contributed by atoms with Crippen LogP contribution in [0.15, 0.2) is 23.8 Å². The molecule has 0 unspecified atom stereocenters. The van der Waals surface area contributed by atoms with Crippen LogP contribution in [0.4, 0.5) is 0 Å². The van der Waals surface area contributed by atoms with Crippen LogP contribution in [0.1, 0.15) is 239 Å². The van der Waals surface area contributed by atoms with Gasteiger partial charge < -0.3 is 10.2 Å². The van der Waals surface area contributed by atoms with E-state index < -0.39 is 11.9 Å². The fourth-order valence-corrected chi connectivity index (χ4v) is 6.09. The lowest BCUT2D eigenvalue weighted by Gasteiger charge is -2.04. The summed E-state index contributed by atoms with van der Waals surface area (Å²) in [4.78, 5) is 21.2. The first kappa shape index (κ1) is 47.5. The molecule has 0 atom stereocenters. The van der Waals surface area contributed by atoms with Crippen LogP contribution >= 0.6 is 0 Å². The zero-order valence-electron chi connectivity index (χ0n) is 32.0. The Hall–Kier alpha value is -1.58. The SMILES string of the molecule is C=C(CCCCCCCCCCCCCCCCCC)C(=O)O.CCCCCCCCCCCCCCCCCCC=C(C)C(=O)O. The van der Waals surface area contributed by atoms with Gasteiger partial charge in [-0.1, -0.05) is 219 Å². The quantitative estimate of drug-likeness (QED) is 0.0517. The lowest BCUT2D eigenvalue weighted by molar-refractivity contribution is -0.133. The maximum atomic E-state index is 10.6. The van der Waals surface area contributed by atoms with E-state index in [-0.39, 0.29) is 0 Å². The molecule has 0 heterocycles. The first-order chi connectivity index (χ1) is 22.9. The summed E-state index contributed by atoms with van der Waals surface area (Å²) in [5, 5.41) is 17.5. The van der Waals surface area contributed by atoms with Crippen LogP contribution < -0.4 is 0 Å². The smallest absolute Gasteiger partial charge is 0.330 e. The van der Waals surface area contributed by atoms with E-state index in [0.29, 0.717) is 17.6 Å². The third-order valence-corrected chi connectivity index (χ3v) is 9.48. The second kappa shape index (κ2) is 40.6. The number of hydrogen-bond acceptors (Lipinski definition) is 2. The van der Waals surface area contributed by atoms with Crippen molar-refractivity contribution in [1.29, 1.82) is 0 Å². The topological polar surface area (TPSA) is 74.6 Å². The molecule has 47 heavy (non-hydrogen) atoms. The molecule has 0 saturated heterocycles. The molecule has 0 aromatic rings. The molecular formula is C43H82O4. The summed E-state index contributed by atoms with van der Waals surface area (Å²) < 4.78 is 0. The second-order valence-corrected chi connectivity index (χ2v) is 14.2. The van der Waals surface area contributed by atoms with Crippen molar-refractivity contribution >= 4 is 11.9 Å². The highest BCUT2D eigenvalue weighted by Gasteiger charge is 2.03. The summed E-state index contributed by atoms with van der Waals surface area (Å²) in [6.07, 6.45) is 47.0. The molecule has 0 fully saturated rings. The molecule has 0 aromatic carbocycles. The largest absolute Gasteiger partial charge is 0.478 e. The monoisotopic (exact) mass is 663 g/mol. The molecule has 4 nitrogen and oxygen atoms in total. The minimum Gasteiger partial charge on any atom is -0.478 e. The van der Waals surface area contributed by atoms with Gasteiger partial charge in [0, 0.05) is 11.1 Å². The lowest BCUT2D eigenvalue weighted by atomic mass is 10.0. The summed E-state index contributed by atoms with van der Waals surface area (Å²) in [5.41, 5.74) is 0.839. The summed E-state index contributed by atoms with van der Waals surface area (Å²) in [5.74, 6) is -1.63. The lowest BCUT2D eigenvalue weighted by Crippen LogP contribution is -1.98. The summed E-state index contributed by atoms with van der Waals surface area (Å²) in [7, 11) is 0. The molecule has 0 bridgehead atoms. The van der Waals surface area contributed by atoms with E-state index in [0.717, 1.165) is 25.7 Å². The van der Waals surface area contributed by atoms with Gasteiger partial charge in [0.05, 0.1) is 0 Å². The highest BCUT2D eigenvalue weighted by Crippen LogP contribution is 2.16. The van der Waals surface area contributed by atoms with Crippen LogP contribution in [0.3, 0.4) is 0 Å². The van der Waals surface area contributed by atoms with Crippen molar-refractivity contribution in [2.45, 2.75) is 239 Å². The van der Waals surface area contributed by atoms with Gasteiger partial charge in [0.25, 0.3) is 0 Å². The zero-order valence-corrected chi connectivity index (χ0v) is 32.0. The Labute approximate surface area is 294 Å². The van der Waals surface area contributed by atoms with Crippen molar-refractivity contribution < 1.29 is 19.8 Å². The average molecular weight is 663 g/mol. The molecule has 0 aromatic heterocycles. The van der Waals surface area contributed by atoms with E-state index in [1.54, 1.807) is 6.92 Å². The number of carboxylic acids is 2. The first-order valence-electron chi connectivity index (χ1n) is 20.7. The standard InChI is InChI=1S/C22H42O2.C21H40O2/c1-3-4-5-6-7-8-9-10-11-12-13-14-15-16-17-18-19-20-21(2)22(23)24;1-3-4-5-6-7-8-9-10-11-12-13-14-15-16-17-18-19-20(2)21(22)23/h20H,3-19H2,1-2H3,(H,23,24);2-19H2,1H3,(H,22,23). The number of allylic oxidation sites excluding steroid dienone is 1. The maximum Gasteiger partial charge on any atom is 0.330 e. The van der Waals surface area contributed by atoms with Crippen LogP contribution in [0.5, 0.6) is 0 Å². The van der Waals surface area contributed by atoms with Gasteiger partial charge in [-0.2, -0.15) is 0 Å². The van der Waals surface area contributed by atoms with Crippen molar-refractivity contribution in [3.63, 3.8) is 0 Å². The molecule has 0 amide bonds. The molecule has 0 radical (unpaired) electrons. The van der Waals surface area contributed by atoms with Gasteiger partial charge in [0.2, 0.25) is 0 Å². The normalized spacial score (nSPS) is 11.3. The Balaban J connectivity index is 0. The molecule has 2 N–H and O–H groups in total. The molecule has 0 aliphatic carbocycles. The Kier molecular flexibility index (Phi) is 41.1. The number of unbranched alkanes of at least 4 members (excludes halogenated alkanes) is 31.